The number of hydrogen-bond acceptors (Lipinski definition) is 5. The van der Waals surface area contributed by atoms with Gasteiger partial charge in [0.15, 0.2) is 5.16 Å². The number of hydrogen-bond donors (Lipinski definition) is 0. The summed E-state index contributed by atoms with van der Waals surface area (Å²) in [5.74, 6) is 2.30. The maximum Gasteiger partial charge on any atom is 0.223 e. The minimum atomic E-state index is 0.269. The number of aromatic nitrogens is 2. The molecule has 0 spiro atoms. The first-order valence-electron chi connectivity index (χ1n) is 9.20. The molecule has 0 N–H and O–H groups in total. The third kappa shape index (κ3) is 5.34. The molecule has 0 saturated heterocycles. The van der Waals surface area contributed by atoms with Gasteiger partial charge in [0, 0.05) is 11.8 Å². The lowest BCUT2D eigenvalue weighted by molar-refractivity contribution is 0.452. The molecule has 3 aromatic rings. The average Bonchev–Trinajstić information content (AvgIpc) is 2.65. The summed E-state index contributed by atoms with van der Waals surface area (Å²) in [6, 6.07) is 17.8. The molecule has 0 aliphatic rings. The maximum atomic E-state index is 9.06. The van der Waals surface area contributed by atoms with Crippen molar-refractivity contribution in [3.05, 3.63) is 76.5 Å². The Balaban J connectivity index is 1.83. The largest absolute Gasteiger partial charge is 0.439 e. The second-order valence-electron chi connectivity index (χ2n) is 7.09. The van der Waals surface area contributed by atoms with Crippen LogP contribution in [0.5, 0.6) is 11.6 Å². The monoisotopic (exact) mass is 389 g/mol. The summed E-state index contributed by atoms with van der Waals surface area (Å²) < 4.78 is 6.05. The average molecular weight is 390 g/mol. The molecule has 0 fully saturated rings. The Morgan fingerprint density at radius 3 is 2.46 bits per heavy atom. The van der Waals surface area contributed by atoms with Crippen molar-refractivity contribution >= 4 is 11.8 Å². The molecular formula is C23H23N3OS. The van der Waals surface area contributed by atoms with Gasteiger partial charge in [0.2, 0.25) is 5.88 Å². The highest BCUT2D eigenvalue weighted by Crippen LogP contribution is 2.28. The first-order valence-corrected chi connectivity index (χ1v) is 10.2. The standard InChI is InChI=1S/C23H23N3OS/c1-15(2)21-12-22(27-20-9-16(3)8-17(4)10-20)26-23(25-21)28-14-19-7-5-6-18(11-19)13-24/h5-12,15H,14H2,1-4H3. The van der Waals surface area contributed by atoms with E-state index in [-0.39, 0.29) is 5.92 Å². The van der Waals surface area contributed by atoms with Crippen LogP contribution in [-0.4, -0.2) is 9.97 Å². The van der Waals surface area contributed by atoms with Gasteiger partial charge in [-0.2, -0.15) is 10.2 Å². The fourth-order valence-corrected chi connectivity index (χ4v) is 3.62. The van der Waals surface area contributed by atoms with Gasteiger partial charge in [0.05, 0.1) is 17.3 Å². The minimum absolute atomic E-state index is 0.269. The normalized spacial score (nSPS) is 10.7. The van der Waals surface area contributed by atoms with E-state index < -0.39 is 0 Å². The molecule has 0 amide bonds. The number of nitrogens with zero attached hydrogens (tertiary/aromatic N) is 3. The predicted molar refractivity (Wildman–Crippen MR) is 113 cm³/mol. The van der Waals surface area contributed by atoms with Crippen LogP contribution in [0.25, 0.3) is 0 Å². The SMILES string of the molecule is Cc1cc(C)cc(Oc2cc(C(C)C)nc(SCc3cccc(C#N)c3)n2)c1. The van der Waals surface area contributed by atoms with Crippen LogP contribution in [0.1, 0.15) is 47.7 Å². The Kier molecular flexibility index (Phi) is 6.33. The third-order valence-corrected chi connectivity index (χ3v) is 5.05. The highest BCUT2D eigenvalue weighted by atomic mass is 32.2. The molecule has 1 heterocycles. The van der Waals surface area contributed by atoms with Crippen molar-refractivity contribution in [2.75, 3.05) is 0 Å². The maximum absolute atomic E-state index is 9.06. The summed E-state index contributed by atoms with van der Waals surface area (Å²) in [4.78, 5) is 9.27. The van der Waals surface area contributed by atoms with E-state index in [0.29, 0.717) is 22.4 Å². The van der Waals surface area contributed by atoms with Gasteiger partial charge in [0.25, 0.3) is 0 Å². The van der Waals surface area contributed by atoms with Crippen LogP contribution in [0.2, 0.25) is 0 Å². The van der Waals surface area contributed by atoms with Crippen molar-refractivity contribution in [1.29, 1.82) is 5.26 Å². The number of aryl methyl sites for hydroxylation is 2. The van der Waals surface area contributed by atoms with Crippen LogP contribution in [0.3, 0.4) is 0 Å². The Hall–Kier alpha value is -2.84. The highest BCUT2D eigenvalue weighted by Gasteiger charge is 2.11. The van der Waals surface area contributed by atoms with Crippen LogP contribution < -0.4 is 4.74 Å². The molecule has 142 valence electrons. The fourth-order valence-electron chi connectivity index (χ4n) is 2.82. The number of nitriles is 1. The molecule has 0 unspecified atom stereocenters. The van der Waals surface area contributed by atoms with E-state index in [4.69, 9.17) is 10.00 Å². The van der Waals surface area contributed by atoms with E-state index in [1.807, 2.05) is 36.4 Å². The summed E-state index contributed by atoms with van der Waals surface area (Å²) in [6.07, 6.45) is 0. The molecule has 0 radical (unpaired) electrons. The van der Waals surface area contributed by atoms with Crippen LogP contribution in [-0.2, 0) is 5.75 Å². The molecule has 3 rings (SSSR count). The zero-order chi connectivity index (χ0) is 20.1. The first kappa shape index (κ1) is 19.9. The molecule has 5 heteroatoms. The molecule has 0 saturated carbocycles. The van der Waals surface area contributed by atoms with Crippen LogP contribution in [0, 0.1) is 25.2 Å². The third-order valence-electron chi connectivity index (χ3n) is 4.14. The quantitative estimate of drug-likeness (QED) is 0.372. The Bertz CT molecular complexity index is 1000. The number of ether oxygens (including phenoxy) is 1. The lowest BCUT2D eigenvalue weighted by atomic mass is 10.1. The number of benzene rings is 2. The lowest BCUT2D eigenvalue weighted by Crippen LogP contribution is -2.00. The predicted octanol–water partition coefficient (Wildman–Crippen LogP) is 6.17. The summed E-state index contributed by atoms with van der Waals surface area (Å²) in [6.45, 7) is 8.31. The van der Waals surface area contributed by atoms with Gasteiger partial charge in [-0.25, -0.2) is 4.98 Å². The molecule has 0 aliphatic heterocycles. The Morgan fingerprint density at radius 2 is 1.79 bits per heavy atom. The second kappa shape index (κ2) is 8.90. The van der Waals surface area contributed by atoms with Gasteiger partial charge in [0.1, 0.15) is 5.75 Å². The van der Waals surface area contributed by atoms with Crippen molar-refractivity contribution < 1.29 is 4.74 Å². The smallest absolute Gasteiger partial charge is 0.223 e. The topological polar surface area (TPSA) is 58.8 Å². The van der Waals surface area contributed by atoms with Gasteiger partial charge in [-0.3, -0.25) is 0 Å². The van der Waals surface area contributed by atoms with E-state index >= 15 is 0 Å². The highest BCUT2D eigenvalue weighted by molar-refractivity contribution is 7.98. The molecule has 1 aromatic heterocycles. The second-order valence-corrected chi connectivity index (χ2v) is 8.04. The molecule has 0 atom stereocenters. The molecule has 2 aromatic carbocycles. The Labute approximate surface area is 170 Å². The lowest BCUT2D eigenvalue weighted by Gasteiger charge is -2.12. The van der Waals surface area contributed by atoms with Gasteiger partial charge in [-0.1, -0.05) is 43.8 Å². The van der Waals surface area contributed by atoms with Gasteiger partial charge < -0.3 is 4.74 Å². The number of rotatable bonds is 6. The van der Waals surface area contributed by atoms with E-state index in [9.17, 15) is 0 Å². The van der Waals surface area contributed by atoms with Crippen LogP contribution in [0.15, 0.2) is 53.7 Å². The molecule has 0 bridgehead atoms. The fraction of sp³-hybridized carbons (Fsp3) is 0.261. The van der Waals surface area contributed by atoms with Crippen molar-refractivity contribution in [3.8, 4) is 17.7 Å². The summed E-state index contributed by atoms with van der Waals surface area (Å²) in [5.41, 5.74) is 4.98. The zero-order valence-corrected chi connectivity index (χ0v) is 17.4. The van der Waals surface area contributed by atoms with E-state index in [0.717, 1.165) is 28.1 Å². The number of thioether (sulfide) groups is 1. The molecule has 0 aliphatic carbocycles. The first-order chi connectivity index (χ1) is 13.4. The van der Waals surface area contributed by atoms with E-state index in [1.165, 1.54) is 0 Å². The van der Waals surface area contributed by atoms with Crippen molar-refractivity contribution in [1.82, 2.24) is 9.97 Å². The van der Waals surface area contributed by atoms with E-state index in [2.05, 4.69) is 49.8 Å². The van der Waals surface area contributed by atoms with Crippen molar-refractivity contribution in [2.45, 2.75) is 44.5 Å². The van der Waals surface area contributed by atoms with Crippen molar-refractivity contribution in [2.24, 2.45) is 0 Å². The van der Waals surface area contributed by atoms with Gasteiger partial charge >= 0.3 is 0 Å². The minimum Gasteiger partial charge on any atom is -0.439 e. The molecular weight excluding hydrogens is 366 g/mol. The van der Waals surface area contributed by atoms with Crippen molar-refractivity contribution in [3.63, 3.8) is 0 Å². The molecule has 28 heavy (non-hydrogen) atoms. The zero-order valence-electron chi connectivity index (χ0n) is 16.6. The van der Waals surface area contributed by atoms with E-state index in [1.54, 1.807) is 17.8 Å². The van der Waals surface area contributed by atoms with Crippen LogP contribution >= 0.6 is 11.8 Å². The summed E-state index contributed by atoms with van der Waals surface area (Å²) in [5, 5.41) is 9.74. The summed E-state index contributed by atoms with van der Waals surface area (Å²) in [7, 11) is 0. The van der Waals surface area contributed by atoms with Gasteiger partial charge in [-0.05, 0) is 60.7 Å². The Morgan fingerprint density at radius 1 is 1.04 bits per heavy atom. The van der Waals surface area contributed by atoms with Gasteiger partial charge in [-0.15, -0.1) is 0 Å². The summed E-state index contributed by atoms with van der Waals surface area (Å²) >= 11 is 1.54. The van der Waals surface area contributed by atoms with Crippen LogP contribution in [0.4, 0.5) is 0 Å². The molecule has 4 nitrogen and oxygen atoms in total.